The lowest BCUT2D eigenvalue weighted by atomic mass is 9.96. The first-order valence-corrected chi connectivity index (χ1v) is 10.2. The van der Waals surface area contributed by atoms with Gasteiger partial charge in [-0.05, 0) is 47.3 Å². The molecule has 0 aromatic heterocycles. The Hall–Kier alpha value is -3.39. The summed E-state index contributed by atoms with van der Waals surface area (Å²) in [5.41, 5.74) is 4.95. The van der Waals surface area contributed by atoms with Crippen molar-refractivity contribution in [1.82, 2.24) is 4.90 Å². The lowest BCUT2D eigenvalue weighted by molar-refractivity contribution is -0.124. The average Bonchev–Trinajstić information content (AvgIpc) is 3.33. The highest BCUT2D eigenvalue weighted by molar-refractivity contribution is 6.22. The van der Waals surface area contributed by atoms with Crippen LogP contribution in [0.5, 0.6) is 0 Å². The molecular formula is C27H25NO. The van der Waals surface area contributed by atoms with Crippen LogP contribution >= 0.6 is 0 Å². The van der Waals surface area contributed by atoms with Gasteiger partial charge < -0.3 is 4.90 Å². The van der Waals surface area contributed by atoms with E-state index in [1.54, 1.807) is 0 Å². The van der Waals surface area contributed by atoms with Gasteiger partial charge in [-0.15, -0.1) is 0 Å². The number of benzene rings is 3. The smallest absolute Gasteiger partial charge is 0.254 e. The van der Waals surface area contributed by atoms with Crippen LogP contribution in [0.25, 0.3) is 17.2 Å². The highest BCUT2D eigenvalue weighted by Crippen LogP contribution is 2.27. The Morgan fingerprint density at radius 1 is 0.690 bits per heavy atom. The van der Waals surface area contributed by atoms with Gasteiger partial charge in [-0.2, -0.15) is 0 Å². The van der Waals surface area contributed by atoms with Crippen LogP contribution < -0.4 is 0 Å². The fourth-order valence-electron chi connectivity index (χ4n) is 3.70. The van der Waals surface area contributed by atoms with Gasteiger partial charge in [0.1, 0.15) is 0 Å². The molecule has 0 unspecified atom stereocenters. The lowest BCUT2D eigenvalue weighted by Crippen LogP contribution is -2.28. The molecule has 0 atom stereocenters. The summed E-state index contributed by atoms with van der Waals surface area (Å²) in [5.74, 6) is 0.114. The Morgan fingerprint density at radius 2 is 1.21 bits per heavy atom. The summed E-state index contributed by atoms with van der Waals surface area (Å²) >= 11 is 0. The molecule has 1 aliphatic heterocycles. The molecule has 3 aromatic carbocycles. The van der Waals surface area contributed by atoms with Crippen LogP contribution in [0.4, 0.5) is 0 Å². The lowest BCUT2D eigenvalue weighted by Gasteiger charge is -2.18. The molecule has 1 aliphatic rings. The monoisotopic (exact) mass is 379 g/mol. The van der Waals surface area contributed by atoms with Gasteiger partial charge in [-0.1, -0.05) is 91.0 Å². The third-order valence-corrected chi connectivity index (χ3v) is 5.24. The van der Waals surface area contributed by atoms with Crippen molar-refractivity contribution in [2.75, 3.05) is 13.1 Å². The van der Waals surface area contributed by atoms with E-state index in [0.717, 1.165) is 53.8 Å². The second kappa shape index (κ2) is 9.20. The minimum atomic E-state index is 0.114. The Labute approximate surface area is 172 Å². The van der Waals surface area contributed by atoms with E-state index in [0.29, 0.717) is 0 Å². The van der Waals surface area contributed by atoms with Crippen LogP contribution in [0.15, 0.2) is 97.1 Å². The molecule has 2 heteroatoms. The number of nitrogens with zero attached hydrogens (tertiary/aromatic N) is 1. The molecular weight excluding hydrogens is 354 g/mol. The van der Waals surface area contributed by atoms with Crippen molar-refractivity contribution in [3.8, 4) is 0 Å². The molecule has 144 valence electrons. The van der Waals surface area contributed by atoms with Crippen LogP contribution in [0.3, 0.4) is 0 Å². The molecule has 1 saturated heterocycles. The molecule has 0 bridgehead atoms. The maximum atomic E-state index is 13.4. The van der Waals surface area contributed by atoms with Crippen molar-refractivity contribution in [3.63, 3.8) is 0 Å². The van der Waals surface area contributed by atoms with E-state index in [2.05, 4.69) is 36.4 Å². The minimum Gasteiger partial charge on any atom is -0.339 e. The summed E-state index contributed by atoms with van der Waals surface area (Å²) < 4.78 is 0. The Bertz CT molecular complexity index is 998. The van der Waals surface area contributed by atoms with Gasteiger partial charge in [-0.3, -0.25) is 4.79 Å². The number of allylic oxidation sites excluding steroid dienone is 2. The SMILES string of the molecule is O=C(/C(=C\C(=C\c1ccccc1)c1ccccc1)c1ccccc1)N1CCCC1. The topological polar surface area (TPSA) is 20.3 Å². The summed E-state index contributed by atoms with van der Waals surface area (Å²) in [5, 5.41) is 0. The zero-order valence-corrected chi connectivity index (χ0v) is 16.5. The molecule has 3 aromatic rings. The van der Waals surface area contributed by atoms with Gasteiger partial charge >= 0.3 is 0 Å². The normalized spacial score (nSPS) is 14.8. The van der Waals surface area contributed by atoms with Crippen molar-refractivity contribution in [2.45, 2.75) is 12.8 Å². The van der Waals surface area contributed by atoms with Crippen molar-refractivity contribution < 1.29 is 4.79 Å². The third kappa shape index (κ3) is 4.72. The highest BCUT2D eigenvalue weighted by atomic mass is 16.2. The summed E-state index contributed by atoms with van der Waals surface area (Å²) in [4.78, 5) is 15.4. The molecule has 2 nitrogen and oxygen atoms in total. The predicted molar refractivity (Wildman–Crippen MR) is 121 cm³/mol. The van der Waals surface area contributed by atoms with Crippen molar-refractivity contribution in [3.05, 3.63) is 114 Å². The molecule has 0 spiro atoms. The zero-order valence-electron chi connectivity index (χ0n) is 16.5. The van der Waals surface area contributed by atoms with E-state index in [9.17, 15) is 4.79 Å². The summed E-state index contributed by atoms with van der Waals surface area (Å²) in [6.07, 6.45) is 6.37. The molecule has 0 radical (unpaired) electrons. The number of carbonyl (C=O) groups excluding carboxylic acids is 1. The van der Waals surface area contributed by atoms with Gasteiger partial charge in [0.25, 0.3) is 5.91 Å². The molecule has 0 aliphatic carbocycles. The zero-order chi connectivity index (χ0) is 19.9. The number of carbonyl (C=O) groups is 1. The quantitative estimate of drug-likeness (QED) is 0.305. The first-order valence-electron chi connectivity index (χ1n) is 10.2. The third-order valence-electron chi connectivity index (χ3n) is 5.24. The van der Waals surface area contributed by atoms with E-state index in [-0.39, 0.29) is 5.91 Å². The number of amides is 1. The average molecular weight is 380 g/mol. The Kier molecular flexibility index (Phi) is 6.01. The first-order chi connectivity index (χ1) is 14.3. The molecule has 1 heterocycles. The van der Waals surface area contributed by atoms with Gasteiger partial charge in [0.05, 0.1) is 0 Å². The van der Waals surface area contributed by atoms with Gasteiger partial charge in [-0.25, -0.2) is 0 Å². The Morgan fingerprint density at radius 3 is 1.79 bits per heavy atom. The van der Waals surface area contributed by atoms with Gasteiger partial charge in [0.2, 0.25) is 0 Å². The van der Waals surface area contributed by atoms with Crippen molar-refractivity contribution in [1.29, 1.82) is 0 Å². The summed E-state index contributed by atoms with van der Waals surface area (Å²) in [6.45, 7) is 1.68. The number of hydrogen-bond acceptors (Lipinski definition) is 1. The van der Waals surface area contributed by atoms with E-state index < -0.39 is 0 Å². The standard InChI is InChI=1S/C27H25NO/c29-27(28-18-10-11-19-28)26(24-16-8-3-9-17-24)21-25(23-14-6-2-7-15-23)20-22-12-4-1-5-13-22/h1-9,12-17,20-21H,10-11,18-19H2/b25-20-,26-21-. The van der Waals surface area contributed by atoms with Crippen molar-refractivity contribution in [2.24, 2.45) is 0 Å². The van der Waals surface area contributed by atoms with Crippen LogP contribution in [0, 0.1) is 0 Å². The van der Waals surface area contributed by atoms with E-state index >= 15 is 0 Å². The summed E-state index contributed by atoms with van der Waals surface area (Å²) in [7, 11) is 0. The molecule has 4 rings (SSSR count). The number of likely N-dealkylation sites (tertiary alicyclic amines) is 1. The van der Waals surface area contributed by atoms with Crippen LogP contribution in [-0.4, -0.2) is 23.9 Å². The van der Waals surface area contributed by atoms with E-state index in [1.165, 1.54) is 0 Å². The maximum Gasteiger partial charge on any atom is 0.254 e. The minimum absolute atomic E-state index is 0.114. The molecule has 1 amide bonds. The molecule has 29 heavy (non-hydrogen) atoms. The summed E-state index contributed by atoms with van der Waals surface area (Å²) in [6, 6.07) is 30.5. The fourth-order valence-corrected chi connectivity index (χ4v) is 3.70. The fraction of sp³-hybridized carbons (Fsp3) is 0.148. The van der Waals surface area contributed by atoms with Crippen molar-refractivity contribution >= 4 is 23.1 Å². The first kappa shape index (κ1) is 18.9. The largest absolute Gasteiger partial charge is 0.339 e. The van der Waals surface area contributed by atoms with Crippen LogP contribution in [0.1, 0.15) is 29.5 Å². The Balaban J connectivity index is 1.83. The molecule has 0 N–H and O–H groups in total. The second-order valence-electron chi connectivity index (χ2n) is 7.30. The van der Waals surface area contributed by atoms with Crippen LogP contribution in [-0.2, 0) is 4.79 Å². The van der Waals surface area contributed by atoms with E-state index in [4.69, 9.17) is 0 Å². The maximum absolute atomic E-state index is 13.4. The molecule has 0 saturated carbocycles. The highest BCUT2D eigenvalue weighted by Gasteiger charge is 2.22. The van der Waals surface area contributed by atoms with E-state index in [1.807, 2.05) is 71.6 Å². The van der Waals surface area contributed by atoms with Gasteiger partial charge in [0, 0.05) is 18.7 Å². The number of rotatable bonds is 5. The van der Waals surface area contributed by atoms with Gasteiger partial charge in [0.15, 0.2) is 0 Å². The van der Waals surface area contributed by atoms with Crippen LogP contribution in [0.2, 0.25) is 0 Å². The predicted octanol–water partition coefficient (Wildman–Crippen LogP) is 5.93. The second-order valence-corrected chi connectivity index (χ2v) is 7.30. The number of hydrogen-bond donors (Lipinski definition) is 0. The molecule has 1 fully saturated rings.